The number of aromatic nitrogens is 3. The number of halogens is 4. The number of anilines is 1. The van der Waals surface area contributed by atoms with Crippen LogP contribution in [0, 0.1) is 0 Å². The Hall–Kier alpha value is -1.41. The number of nitrogens with one attached hydrogen (secondary N) is 1. The van der Waals surface area contributed by atoms with Crippen LogP contribution in [0.4, 0.5) is 19.0 Å². The molecule has 0 bridgehead atoms. The third kappa shape index (κ3) is 3.30. The summed E-state index contributed by atoms with van der Waals surface area (Å²) in [4.78, 5) is 10.5. The van der Waals surface area contributed by atoms with Crippen molar-refractivity contribution in [2.24, 2.45) is 0 Å². The summed E-state index contributed by atoms with van der Waals surface area (Å²) in [5, 5.41) is 4.22. The normalized spacial score (nSPS) is 11.6. The van der Waals surface area contributed by atoms with Crippen LogP contribution in [-0.2, 0) is 12.7 Å². The Bertz CT molecular complexity index is 529. The highest BCUT2D eigenvalue weighted by atomic mass is 35.5. The first kappa shape index (κ1) is 13.0. The van der Waals surface area contributed by atoms with Gasteiger partial charge in [-0.2, -0.15) is 13.2 Å². The molecule has 9 heteroatoms. The van der Waals surface area contributed by atoms with Crippen LogP contribution in [0.1, 0.15) is 11.5 Å². The Morgan fingerprint density at radius 2 is 2.11 bits per heavy atom. The zero-order chi connectivity index (χ0) is 13.2. The Balaban J connectivity index is 2.15. The first-order chi connectivity index (χ1) is 8.45. The van der Waals surface area contributed by atoms with Crippen LogP contribution < -0.4 is 5.32 Å². The highest BCUT2D eigenvalue weighted by Gasteiger charge is 2.35. The molecule has 0 fully saturated rings. The number of hydrogen-bond acceptors (Lipinski definition) is 5. The molecule has 0 aliphatic carbocycles. The number of rotatable bonds is 3. The van der Waals surface area contributed by atoms with Crippen molar-refractivity contribution in [3.63, 3.8) is 0 Å². The van der Waals surface area contributed by atoms with Crippen LogP contribution >= 0.6 is 22.9 Å². The molecule has 0 saturated heterocycles. The van der Waals surface area contributed by atoms with Gasteiger partial charge in [-0.3, -0.25) is 0 Å². The zero-order valence-corrected chi connectivity index (χ0v) is 10.3. The summed E-state index contributed by atoms with van der Waals surface area (Å²) in [7, 11) is 0. The van der Waals surface area contributed by atoms with Crippen LogP contribution in [-0.4, -0.2) is 15.0 Å². The number of nitrogens with zero attached hydrogens (tertiary/aromatic N) is 3. The van der Waals surface area contributed by atoms with E-state index in [0.717, 1.165) is 0 Å². The Labute approximate surface area is 109 Å². The molecule has 4 nitrogen and oxygen atoms in total. The largest absolute Gasteiger partial charge is 0.451 e. The maximum Gasteiger partial charge on any atom is 0.451 e. The highest BCUT2D eigenvalue weighted by Crippen LogP contribution is 2.28. The summed E-state index contributed by atoms with van der Waals surface area (Å²) in [6, 6.07) is 1.23. The molecule has 0 aliphatic rings. The minimum atomic E-state index is -4.62. The van der Waals surface area contributed by atoms with Crippen LogP contribution in [0.2, 0.25) is 5.15 Å². The van der Waals surface area contributed by atoms with Gasteiger partial charge in [-0.05, 0) is 0 Å². The highest BCUT2D eigenvalue weighted by molar-refractivity contribution is 7.07. The minimum absolute atomic E-state index is 0.00956. The third-order valence-corrected chi connectivity index (χ3v) is 2.71. The van der Waals surface area contributed by atoms with Gasteiger partial charge in [-0.15, -0.1) is 11.3 Å². The second-order valence-corrected chi connectivity index (χ2v) is 4.34. The summed E-state index contributed by atoms with van der Waals surface area (Å²) >= 11 is 6.91. The summed E-state index contributed by atoms with van der Waals surface area (Å²) in [5.74, 6) is -1.26. The van der Waals surface area contributed by atoms with Gasteiger partial charge in [0.05, 0.1) is 17.7 Å². The van der Waals surface area contributed by atoms with E-state index in [1.54, 1.807) is 10.9 Å². The Morgan fingerprint density at radius 1 is 1.33 bits per heavy atom. The topological polar surface area (TPSA) is 50.7 Å². The molecule has 0 aromatic carbocycles. The van der Waals surface area contributed by atoms with E-state index in [0.29, 0.717) is 5.69 Å². The quantitative estimate of drug-likeness (QED) is 0.883. The summed E-state index contributed by atoms with van der Waals surface area (Å²) in [5.41, 5.74) is 2.34. The zero-order valence-electron chi connectivity index (χ0n) is 8.70. The van der Waals surface area contributed by atoms with Crippen molar-refractivity contribution in [3.05, 3.63) is 33.6 Å². The minimum Gasteiger partial charge on any atom is -0.364 e. The van der Waals surface area contributed by atoms with Gasteiger partial charge in [0.2, 0.25) is 5.82 Å². The molecule has 1 N–H and O–H groups in total. The van der Waals surface area contributed by atoms with Gasteiger partial charge in [-0.1, -0.05) is 11.6 Å². The fraction of sp³-hybridized carbons (Fsp3) is 0.222. The first-order valence-corrected chi connectivity index (χ1v) is 6.00. The summed E-state index contributed by atoms with van der Waals surface area (Å²) in [6.45, 7) is 0.272. The molecule has 0 amide bonds. The molecule has 0 atom stereocenters. The predicted octanol–water partition coefficient (Wildman–Crippen LogP) is 3.22. The Kier molecular flexibility index (Phi) is 3.67. The van der Waals surface area contributed by atoms with Crippen LogP contribution in [0.15, 0.2) is 17.0 Å². The lowest BCUT2D eigenvalue weighted by molar-refractivity contribution is -0.144. The molecular formula is C9H6ClF3N4S. The predicted molar refractivity (Wildman–Crippen MR) is 61.5 cm³/mol. The molecule has 2 aromatic heterocycles. The molecule has 0 radical (unpaired) electrons. The Morgan fingerprint density at radius 3 is 2.72 bits per heavy atom. The van der Waals surface area contributed by atoms with Crippen molar-refractivity contribution < 1.29 is 13.2 Å². The van der Waals surface area contributed by atoms with E-state index in [1.807, 2.05) is 0 Å². The van der Waals surface area contributed by atoms with Crippen LogP contribution in [0.25, 0.3) is 0 Å². The lowest BCUT2D eigenvalue weighted by atomic mass is 10.4. The van der Waals surface area contributed by atoms with Gasteiger partial charge in [0.15, 0.2) is 0 Å². The molecule has 96 valence electrons. The number of thiazole rings is 1. The van der Waals surface area contributed by atoms with E-state index in [-0.39, 0.29) is 17.5 Å². The van der Waals surface area contributed by atoms with Gasteiger partial charge < -0.3 is 5.32 Å². The monoisotopic (exact) mass is 294 g/mol. The second-order valence-electron chi connectivity index (χ2n) is 3.23. The van der Waals surface area contributed by atoms with Crippen LogP contribution in [0.3, 0.4) is 0 Å². The van der Waals surface area contributed by atoms with Gasteiger partial charge >= 0.3 is 6.18 Å². The fourth-order valence-corrected chi connectivity index (χ4v) is 1.88. The van der Waals surface area contributed by atoms with Crippen molar-refractivity contribution in [1.82, 2.24) is 15.0 Å². The summed E-state index contributed by atoms with van der Waals surface area (Å²) in [6.07, 6.45) is -4.62. The summed E-state index contributed by atoms with van der Waals surface area (Å²) < 4.78 is 37.3. The van der Waals surface area contributed by atoms with E-state index < -0.39 is 12.0 Å². The van der Waals surface area contributed by atoms with E-state index in [4.69, 9.17) is 11.6 Å². The third-order valence-electron chi connectivity index (χ3n) is 1.88. The molecule has 2 aromatic rings. The van der Waals surface area contributed by atoms with Crippen molar-refractivity contribution >= 4 is 28.8 Å². The van der Waals surface area contributed by atoms with Gasteiger partial charge in [0, 0.05) is 11.4 Å². The number of hydrogen-bond donors (Lipinski definition) is 1. The number of alkyl halides is 3. The van der Waals surface area contributed by atoms with Gasteiger partial charge in [0.25, 0.3) is 0 Å². The lowest BCUT2D eigenvalue weighted by Gasteiger charge is -2.08. The average Bonchev–Trinajstić information content (AvgIpc) is 2.77. The SMILES string of the molecule is FC(F)(F)c1nc(Cl)cc(NCc2cscn2)n1. The molecular weight excluding hydrogens is 289 g/mol. The first-order valence-electron chi connectivity index (χ1n) is 4.68. The fourth-order valence-electron chi connectivity index (χ4n) is 1.14. The lowest BCUT2D eigenvalue weighted by Crippen LogP contribution is -2.13. The van der Waals surface area contributed by atoms with Crippen LogP contribution in [0.5, 0.6) is 0 Å². The maximum absolute atomic E-state index is 12.4. The molecule has 2 heterocycles. The molecule has 0 saturated carbocycles. The molecule has 18 heavy (non-hydrogen) atoms. The van der Waals surface area contributed by atoms with Gasteiger partial charge in [-0.25, -0.2) is 15.0 Å². The maximum atomic E-state index is 12.4. The van der Waals surface area contributed by atoms with Crippen molar-refractivity contribution in [2.75, 3.05) is 5.32 Å². The van der Waals surface area contributed by atoms with E-state index in [2.05, 4.69) is 20.3 Å². The molecule has 0 aliphatic heterocycles. The van der Waals surface area contributed by atoms with Gasteiger partial charge in [0.1, 0.15) is 11.0 Å². The average molecular weight is 295 g/mol. The molecule has 0 unspecified atom stereocenters. The molecule has 2 rings (SSSR count). The van der Waals surface area contributed by atoms with Crippen molar-refractivity contribution in [1.29, 1.82) is 0 Å². The van der Waals surface area contributed by atoms with Crippen molar-refractivity contribution in [3.8, 4) is 0 Å². The smallest absolute Gasteiger partial charge is 0.364 e. The van der Waals surface area contributed by atoms with E-state index in [1.165, 1.54) is 17.4 Å². The standard InChI is InChI=1S/C9H6ClF3N4S/c10-6-1-7(14-2-5-3-18-4-15-5)17-8(16-6)9(11,12)13/h1,3-4H,2H2,(H,14,16,17). The van der Waals surface area contributed by atoms with E-state index in [9.17, 15) is 13.2 Å². The second kappa shape index (κ2) is 5.07. The van der Waals surface area contributed by atoms with Crippen molar-refractivity contribution in [2.45, 2.75) is 12.7 Å². The molecule has 0 spiro atoms. The van der Waals surface area contributed by atoms with E-state index >= 15 is 0 Å².